The predicted octanol–water partition coefficient (Wildman–Crippen LogP) is 2.24. The van der Waals surface area contributed by atoms with E-state index in [1.807, 2.05) is 25.1 Å². The summed E-state index contributed by atoms with van der Waals surface area (Å²) < 4.78 is 5.04. The Morgan fingerprint density at radius 1 is 1.27 bits per heavy atom. The molecule has 0 spiro atoms. The fourth-order valence-electron chi connectivity index (χ4n) is 3.91. The largest absolute Gasteiger partial charge is 0.385 e. The highest BCUT2D eigenvalue weighted by molar-refractivity contribution is 5.96. The van der Waals surface area contributed by atoms with Crippen LogP contribution in [0.3, 0.4) is 0 Å². The number of hydroxylamine groups is 2. The lowest BCUT2D eigenvalue weighted by Gasteiger charge is -2.31. The van der Waals surface area contributed by atoms with Crippen LogP contribution >= 0.6 is 0 Å². The third-order valence-electron chi connectivity index (χ3n) is 5.81. The van der Waals surface area contributed by atoms with E-state index in [0.717, 1.165) is 48.6 Å². The lowest BCUT2D eigenvalue weighted by atomic mass is 9.90. The number of amides is 1. The number of carbonyl (C=O) groups is 1. The minimum atomic E-state index is -0.305. The molecule has 2 atom stereocenters. The number of aryl methyl sites for hydroxylation is 1. The minimum Gasteiger partial charge on any atom is -0.385 e. The number of aromatic nitrogens is 2. The van der Waals surface area contributed by atoms with Crippen LogP contribution in [-0.2, 0) is 9.57 Å². The molecule has 4 N–H and O–H groups in total. The molecule has 0 saturated heterocycles. The zero-order valence-corrected chi connectivity index (χ0v) is 19.9. The summed E-state index contributed by atoms with van der Waals surface area (Å²) in [5.41, 5.74) is 7.90. The number of ether oxygens (including phenoxy) is 1. The van der Waals surface area contributed by atoms with E-state index in [-0.39, 0.29) is 23.8 Å². The summed E-state index contributed by atoms with van der Waals surface area (Å²) >= 11 is 0. The molecule has 3 rings (SSSR count). The SMILES string of the molecule is COCCCNC(=O)c1nc(N[C@H]2CCCC[C@H]2N=C(N)N(C)OC)c2cc(C)ccc2n1. The number of guanidine groups is 1. The summed E-state index contributed by atoms with van der Waals surface area (Å²) in [6.07, 6.45) is 4.71. The monoisotopic (exact) mass is 457 g/mol. The van der Waals surface area contributed by atoms with Crippen molar-refractivity contribution < 1.29 is 14.4 Å². The van der Waals surface area contributed by atoms with Crippen molar-refractivity contribution in [3.8, 4) is 0 Å². The van der Waals surface area contributed by atoms with Gasteiger partial charge in [0.15, 0.2) is 0 Å². The number of rotatable bonds is 9. The summed E-state index contributed by atoms with van der Waals surface area (Å²) in [7, 11) is 4.91. The first-order valence-electron chi connectivity index (χ1n) is 11.4. The second-order valence-electron chi connectivity index (χ2n) is 8.29. The van der Waals surface area contributed by atoms with Gasteiger partial charge in [0.1, 0.15) is 5.82 Å². The van der Waals surface area contributed by atoms with Crippen molar-refractivity contribution in [2.45, 2.75) is 51.1 Å². The molecule has 1 aromatic heterocycles. The molecule has 1 heterocycles. The Morgan fingerprint density at radius 2 is 2.06 bits per heavy atom. The van der Waals surface area contributed by atoms with Crippen LogP contribution < -0.4 is 16.4 Å². The van der Waals surface area contributed by atoms with Crippen LogP contribution in [-0.4, -0.2) is 73.4 Å². The molecule has 1 amide bonds. The molecule has 1 fully saturated rings. The number of nitrogens with zero attached hydrogens (tertiary/aromatic N) is 4. The van der Waals surface area contributed by atoms with Gasteiger partial charge < -0.3 is 21.1 Å². The number of fused-ring (bicyclic) bond motifs is 1. The van der Waals surface area contributed by atoms with E-state index >= 15 is 0 Å². The molecule has 2 aromatic rings. The summed E-state index contributed by atoms with van der Waals surface area (Å²) in [5.74, 6) is 0.800. The normalized spacial score (nSPS) is 18.8. The second kappa shape index (κ2) is 11.8. The maximum atomic E-state index is 12.7. The van der Waals surface area contributed by atoms with Gasteiger partial charge in [0.25, 0.3) is 5.91 Å². The zero-order valence-electron chi connectivity index (χ0n) is 19.9. The third-order valence-corrected chi connectivity index (χ3v) is 5.81. The van der Waals surface area contributed by atoms with E-state index in [2.05, 4.69) is 20.6 Å². The van der Waals surface area contributed by atoms with Crippen LogP contribution in [0.25, 0.3) is 10.9 Å². The summed E-state index contributed by atoms with van der Waals surface area (Å²) in [5, 5.41) is 8.75. The number of carbonyl (C=O) groups excluding carboxylic acids is 1. The summed E-state index contributed by atoms with van der Waals surface area (Å²) in [4.78, 5) is 31.7. The van der Waals surface area contributed by atoms with E-state index < -0.39 is 0 Å². The number of hydrogen-bond donors (Lipinski definition) is 3. The van der Waals surface area contributed by atoms with E-state index in [0.29, 0.717) is 24.9 Å². The number of nitrogens with one attached hydrogen (secondary N) is 2. The molecule has 0 bridgehead atoms. The first kappa shape index (κ1) is 24.7. The first-order chi connectivity index (χ1) is 15.9. The molecule has 1 aromatic carbocycles. The van der Waals surface area contributed by atoms with Crippen molar-refractivity contribution in [3.05, 3.63) is 29.6 Å². The van der Waals surface area contributed by atoms with Crippen LogP contribution in [0.1, 0.15) is 48.3 Å². The van der Waals surface area contributed by atoms with Crippen LogP contribution in [0.15, 0.2) is 23.2 Å². The third kappa shape index (κ3) is 6.52. The number of methoxy groups -OCH3 is 1. The molecule has 0 unspecified atom stereocenters. The Morgan fingerprint density at radius 3 is 2.82 bits per heavy atom. The van der Waals surface area contributed by atoms with Gasteiger partial charge in [-0.25, -0.2) is 20.0 Å². The Bertz CT molecular complexity index is 982. The van der Waals surface area contributed by atoms with Gasteiger partial charge in [-0.3, -0.25) is 9.63 Å². The van der Waals surface area contributed by atoms with Gasteiger partial charge in [-0.15, -0.1) is 0 Å². The Hall–Kier alpha value is -2.98. The first-order valence-corrected chi connectivity index (χ1v) is 11.4. The molecule has 33 heavy (non-hydrogen) atoms. The summed E-state index contributed by atoms with van der Waals surface area (Å²) in [6.45, 7) is 3.10. The number of hydrogen-bond acceptors (Lipinski definition) is 7. The quantitative estimate of drug-likeness (QED) is 0.226. The van der Waals surface area contributed by atoms with Crippen molar-refractivity contribution in [2.75, 3.05) is 39.7 Å². The maximum absolute atomic E-state index is 12.7. The van der Waals surface area contributed by atoms with Crippen molar-refractivity contribution in [2.24, 2.45) is 10.7 Å². The topological polar surface area (TPSA) is 127 Å². The van der Waals surface area contributed by atoms with Crippen LogP contribution in [0.4, 0.5) is 5.82 Å². The molecule has 180 valence electrons. The van der Waals surface area contributed by atoms with Crippen molar-refractivity contribution in [3.63, 3.8) is 0 Å². The highest BCUT2D eigenvalue weighted by Crippen LogP contribution is 2.28. The maximum Gasteiger partial charge on any atom is 0.289 e. The highest BCUT2D eigenvalue weighted by Gasteiger charge is 2.27. The van der Waals surface area contributed by atoms with Gasteiger partial charge in [-0.1, -0.05) is 24.5 Å². The predicted molar refractivity (Wildman–Crippen MR) is 129 cm³/mol. The average Bonchev–Trinajstić information content (AvgIpc) is 2.82. The van der Waals surface area contributed by atoms with Gasteiger partial charge >= 0.3 is 0 Å². The average molecular weight is 458 g/mol. The Labute approximate surface area is 194 Å². The van der Waals surface area contributed by atoms with Crippen LogP contribution in [0, 0.1) is 6.92 Å². The van der Waals surface area contributed by atoms with E-state index in [1.54, 1.807) is 21.3 Å². The van der Waals surface area contributed by atoms with Crippen molar-refractivity contribution in [1.29, 1.82) is 0 Å². The van der Waals surface area contributed by atoms with Crippen LogP contribution in [0.5, 0.6) is 0 Å². The van der Waals surface area contributed by atoms with E-state index in [1.165, 1.54) is 5.06 Å². The number of nitrogens with two attached hydrogens (primary N) is 1. The lowest BCUT2D eigenvalue weighted by molar-refractivity contribution is -0.0435. The smallest absolute Gasteiger partial charge is 0.289 e. The molecule has 0 aliphatic heterocycles. The molecule has 10 nitrogen and oxygen atoms in total. The Balaban J connectivity index is 1.89. The molecule has 1 aliphatic carbocycles. The van der Waals surface area contributed by atoms with Crippen molar-refractivity contribution >= 4 is 28.6 Å². The zero-order chi connectivity index (χ0) is 23.8. The Kier molecular flexibility index (Phi) is 8.79. The highest BCUT2D eigenvalue weighted by atomic mass is 16.7. The second-order valence-corrected chi connectivity index (χ2v) is 8.29. The molecule has 1 aliphatic rings. The number of anilines is 1. The number of benzene rings is 1. The fourth-order valence-corrected chi connectivity index (χ4v) is 3.91. The molecule has 0 radical (unpaired) electrons. The van der Waals surface area contributed by atoms with Gasteiger partial charge in [0.2, 0.25) is 11.8 Å². The van der Waals surface area contributed by atoms with Crippen LogP contribution in [0.2, 0.25) is 0 Å². The van der Waals surface area contributed by atoms with Gasteiger partial charge in [-0.05, 0) is 38.3 Å². The number of aliphatic imine (C=N–C) groups is 1. The van der Waals surface area contributed by atoms with E-state index in [4.69, 9.17) is 20.3 Å². The fraction of sp³-hybridized carbons (Fsp3) is 0.565. The summed E-state index contributed by atoms with van der Waals surface area (Å²) in [6, 6.07) is 5.93. The standard InChI is InChI=1S/C23H35N7O3/c1-15-10-11-17-16(14-15)20(29-21(26-17)22(31)25-12-7-13-32-3)27-18-8-5-6-9-19(18)28-23(24)30(2)33-4/h10-11,14,18-19H,5-9,12-13H2,1-4H3,(H2,24,28)(H,25,31)(H,26,27,29)/t18-,19+/m0/s1. The molecular formula is C23H35N7O3. The molecular weight excluding hydrogens is 422 g/mol. The van der Waals surface area contributed by atoms with Gasteiger partial charge in [0.05, 0.1) is 24.7 Å². The van der Waals surface area contributed by atoms with Gasteiger partial charge in [0, 0.05) is 32.7 Å². The van der Waals surface area contributed by atoms with E-state index in [9.17, 15) is 4.79 Å². The van der Waals surface area contributed by atoms with Crippen molar-refractivity contribution in [1.82, 2.24) is 20.3 Å². The minimum absolute atomic E-state index is 0.0267. The molecule has 1 saturated carbocycles. The van der Waals surface area contributed by atoms with Gasteiger partial charge in [-0.2, -0.15) is 0 Å². The lowest BCUT2D eigenvalue weighted by Crippen LogP contribution is -2.40. The molecule has 10 heteroatoms.